The SMILES string of the molecule is Cc1nn(Cc2ccccc2)c(C)c1NC(=O)c1ccc(COc2ccc(F)cc2)o1. The van der Waals surface area contributed by atoms with Crippen LogP contribution in [0.5, 0.6) is 5.75 Å². The van der Waals surface area contributed by atoms with Crippen LogP contribution in [-0.4, -0.2) is 15.7 Å². The second kappa shape index (κ2) is 8.87. The van der Waals surface area contributed by atoms with Gasteiger partial charge in [0.2, 0.25) is 0 Å². The zero-order chi connectivity index (χ0) is 21.8. The highest BCUT2D eigenvalue weighted by Crippen LogP contribution is 2.22. The molecule has 0 unspecified atom stereocenters. The van der Waals surface area contributed by atoms with Gasteiger partial charge < -0.3 is 14.5 Å². The van der Waals surface area contributed by atoms with Gasteiger partial charge in [-0.3, -0.25) is 9.48 Å². The molecule has 1 amide bonds. The number of hydrogen-bond acceptors (Lipinski definition) is 4. The third kappa shape index (κ3) is 4.83. The van der Waals surface area contributed by atoms with E-state index in [-0.39, 0.29) is 24.1 Å². The summed E-state index contributed by atoms with van der Waals surface area (Å²) in [6.07, 6.45) is 0. The molecule has 31 heavy (non-hydrogen) atoms. The number of benzene rings is 2. The molecule has 0 radical (unpaired) electrons. The first kappa shape index (κ1) is 20.4. The fraction of sp³-hybridized carbons (Fsp3) is 0.167. The minimum Gasteiger partial charge on any atom is -0.486 e. The van der Waals surface area contributed by atoms with Crippen LogP contribution >= 0.6 is 0 Å². The van der Waals surface area contributed by atoms with Crippen LogP contribution in [0.2, 0.25) is 0 Å². The number of amides is 1. The summed E-state index contributed by atoms with van der Waals surface area (Å²) in [5.74, 6) is 0.483. The van der Waals surface area contributed by atoms with Gasteiger partial charge in [0.15, 0.2) is 5.76 Å². The average molecular weight is 419 g/mol. The lowest BCUT2D eigenvalue weighted by Crippen LogP contribution is -2.12. The summed E-state index contributed by atoms with van der Waals surface area (Å²) >= 11 is 0. The van der Waals surface area contributed by atoms with E-state index in [0.717, 1.165) is 17.0 Å². The molecule has 0 aliphatic carbocycles. The topological polar surface area (TPSA) is 69.3 Å². The molecule has 1 N–H and O–H groups in total. The monoisotopic (exact) mass is 419 g/mol. The van der Waals surface area contributed by atoms with Gasteiger partial charge in [0.1, 0.15) is 23.9 Å². The van der Waals surface area contributed by atoms with Crippen molar-refractivity contribution in [1.82, 2.24) is 9.78 Å². The number of ether oxygens (including phenoxy) is 1. The molecule has 158 valence electrons. The van der Waals surface area contributed by atoms with Crippen LogP contribution in [0, 0.1) is 19.7 Å². The number of aromatic nitrogens is 2. The number of nitrogens with one attached hydrogen (secondary N) is 1. The molecule has 0 bridgehead atoms. The molecule has 7 heteroatoms. The van der Waals surface area contributed by atoms with E-state index in [9.17, 15) is 9.18 Å². The quantitative estimate of drug-likeness (QED) is 0.452. The Morgan fingerprint density at radius 1 is 1.06 bits per heavy atom. The van der Waals surface area contributed by atoms with Crippen molar-refractivity contribution in [2.45, 2.75) is 27.0 Å². The molecule has 0 saturated carbocycles. The van der Waals surface area contributed by atoms with Crippen molar-refractivity contribution in [2.24, 2.45) is 0 Å². The molecular formula is C24H22FN3O3. The third-order valence-corrected chi connectivity index (χ3v) is 4.88. The standard InChI is InChI=1S/C24H22FN3O3/c1-16-23(17(2)28(27-16)14-18-6-4-3-5-7-18)26-24(29)22-13-12-21(31-22)15-30-20-10-8-19(25)9-11-20/h3-13H,14-15H2,1-2H3,(H,26,29). The summed E-state index contributed by atoms with van der Waals surface area (Å²) in [6.45, 7) is 4.53. The van der Waals surface area contributed by atoms with Crippen molar-refractivity contribution >= 4 is 11.6 Å². The smallest absolute Gasteiger partial charge is 0.291 e. The lowest BCUT2D eigenvalue weighted by molar-refractivity contribution is 0.0992. The van der Waals surface area contributed by atoms with Crippen LogP contribution in [0.4, 0.5) is 10.1 Å². The zero-order valence-corrected chi connectivity index (χ0v) is 17.3. The van der Waals surface area contributed by atoms with E-state index < -0.39 is 0 Å². The van der Waals surface area contributed by atoms with Gasteiger partial charge in [-0.1, -0.05) is 30.3 Å². The Morgan fingerprint density at radius 2 is 1.81 bits per heavy atom. The van der Waals surface area contributed by atoms with Crippen LogP contribution in [0.15, 0.2) is 71.1 Å². The number of aryl methyl sites for hydroxylation is 1. The minimum atomic E-state index is -0.363. The summed E-state index contributed by atoms with van der Waals surface area (Å²) in [7, 11) is 0. The molecule has 6 nitrogen and oxygen atoms in total. The van der Waals surface area contributed by atoms with Crippen molar-refractivity contribution in [1.29, 1.82) is 0 Å². The molecule has 0 saturated heterocycles. The van der Waals surface area contributed by atoms with E-state index >= 15 is 0 Å². The Kier molecular flexibility index (Phi) is 5.84. The number of anilines is 1. The molecule has 0 spiro atoms. The molecule has 0 atom stereocenters. The molecule has 4 aromatic rings. The lowest BCUT2D eigenvalue weighted by atomic mass is 10.2. The van der Waals surface area contributed by atoms with E-state index in [4.69, 9.17) is 9.15 Å². The van der Waals surface area contributed by atoms with Crippen LogP contribution in [0.1, 0.15) is 33.3 Å². The Morgan fingerprint density at radius 3 is 2.55 bits per heavy atom. The maximum atomic E-state index is 13.0. The van der Waals surface area contributed by atoms with Gasteiger partial charge in [-0.15, -0.1) is 0 Å². The van der Waals surface area contributed by atoms with Crippen LogP contribution < -0.4 is 10.1 Å². The molecule has 2 aromatic heterocycles. The van der Waals surface area contributed by atoms with Gasteiger partial charge in [-0.05, 0) is 55.8 Å². The highest BCUT2D eigenvalue weighted by molar-refractivity contribution is 6.02. The first-order valence-electron chi connectivity index (χ1n) is 9.86. The number of furan rings is 1. The van der Waals surface area contributed by atoms with Crippen molar-refractivity contribution in [3.63, 3.8) is 0 Å². The van der Waals surface area contributed by atoms with Gasteiger partial charge in [-0.25, -0.2) is 4.39 Å². The third-order valence-electron chi connectivity index (χ3n) is 4.88. The van der Waals surface area contributed by atoms with Gasteiger partial charge >= 0.3 is 0 Å². The molecule has 2 aromatic carbocycles. The first-order chi connectivity index (χ1) is 15.0. The summed E-state index contributed by atoms with van der Waals surface area (Å²) in [5, 5.41) is 7.45. The highest BCUT2D eigenvalue weighted by atomic mass is 19.1. The molecule has 0 aliphatic rings. The van der Waals surface area contributed by atoms with E-state index in [0.29, 0.717) is 23.7 Å². The normalized spacial score (nSPS) is 10.8. The maximum Gasteiger partial charge on any atom is 0.291 e. The molecule has 0 aliphatic heterocycles. The summed E-state index contributed by atoms with van der Waals surface area (Å²) in [4.78, 5) is 12.7. The Bertz CT molecular complexity index is 1180. The second-order valence-corrected chi connectivity index (χ2v) is 7.15. The van der Waals surface area contributed by atoms with Crippen molar-refractivity contribution in [2.75, 3.05) is 5.32 Å². The van der Waals surface area contributed by atoms with Gasteiger partial charge in [-0.2, -0.15) is 5.10 Å². The van der Waals surface area contributed by atoms with Crippen molar-refractivity contribution < 1.29 is 18.3 Å². The van der Waals surface area contributed by atoms with E-state index in [1.54, 1.807) is 12.1 Å². The Labute approximate surface area is 179 Å². The summed E-state index contributed by atoms with van der Waals surface area (Å²) in [5.41, 5.74) is 3.39. The summed E-state index contributed by atoms with van der Waals surface area (Å²) < 4.78 is 26.0. The van der Waals surface area contributed by atoms with Gasteiger partial charge in [0.05, 0.1) is 23.6 Å². The Hall–Kier alpha value is -3.87. The number of carbonyl (C=O) groups excluding carboxylic acids is 1. The largest absolute Gasteiger partial charge is 0.486 e. The average Bonchev–Trinajstić information content (AvgIpc) is 3.35. The fourth-order valence-corrected chi connectivity index (χ4v) is 3.23. The lowest BCUT2D eigenvalue weighted by Gasteiger charge is -2.07. The number of nitrogens with zero attached hydrogens (tertiary/aromatic N) is 2. The zero-order valence-electron chi connectivity index (χ0n) is 17.3. The van der Waals surface area contributed by atoms with Crippen molar-refractivity contribution in [3.05, 3.63) is 101 Å². The van der Waals surface area contributed by atoms with Crippen LogP contribution in [-0.2, 0) is 13.2 Å². The molecule has 2 heterocycles. The van der Waals surface area contributed by atoms with E-state index in [1.165, 1.54) is 24.3 Å². The fourth-order valence-electron chi connectivity index (χ4n) is 3.23. The summed E-state index contributed by atoms with van der Waals surface area (Å²) in [6, 6.07) is 19.0. The molecule has 0 fully saturated rings. The van der Waals surface area contributed by atoms with Gasteiger partial charge in [0, 0.05) is 0 Å². The number of rotatable bonds is 7. The van der Waals surface area contributed by atoms with E-state index in [1.807, 2.05) is 48.9 Å². The number of halogens is 1. The molecular weight excluding hydrogens is 397 g/mol. The molecule has 4 rings (SSSR count). The second-order valence-electron chi connectivity index (χ2n) is 7.15. The first-order valence-corrected chi connectivity index (χ1v) is 9.86. The maximum absolute atomic E-state index is 13.0. The van der Waals surface area contributed by atoms with Crippen molar-refractivity contribution in [3.8, 4) is 5.75 Å². The van der Waals surface area contributed by atoms with Gasteiger partial charge in [0.25, 0.3) is 5.91 Å². The highest BCUT2D eigenvalue weighted by Gasteiger charge is 2.18. The predicted molar refractivity (Wildman–Crippen MR) is 115 cm³/mol. The van der Waals surface area contributed by atoms with Crippen LogP contribution in [0.25, 0.3) is 0 Å². The Balaban J connectivity index is 1.41. The van der Waals surface area contributed by atoms with Crippen LogP contribution in [0.3, 0.4) is 0 Å². The number of carbonyl (C=O) groups is 1. The van der Waals surface area contributed by atoms with E-state index in [2.05, 4.69) is 10.4 Å². The predicted octanol–water partition coefficient (Wildman–Crippen LogP) is 5.11. The number of hydrogen-bond donors (Lipinski definition) is 1. The minimum absolute atomic E-state index is 0.131.